The normalized spacial score (nSPS) is 13.5. The van der Waals surface area contributed by atoms with E-state index in [-0.39, 0.29) is 44.7 Å². The molecule has 1 atom stereocenters. The van der Waals surface area contributed by atoms with Crippen molar-refractivity contribution in [1.29, 1.82) is 5.26 Å². The van der Waals surface area contributed by atoms with Crippen molar-refractivity contribution in [3.05, 3.63) is 87.6 Å². The maximum absolute atomic E-state index is 13.3. The van der Waals surface area contributed by atoms with Crippen molar-refractivity contribution < 1.29 is 27.6 Å². The number of anilines is 1. The Morgan fingerprint density at radius 2 is 1.63 bits per heavy atom. The van der Waals surface area contributed by atoms with Crippen LogP contribution in [-0.2, 0) is 11.0 Å². The lowest BCUT2D eigenvalue weighted by Crippen LogP contribution is -2.24. The minimum absolute atomic E-state index is 0.0598. The van der Waals surface area contributed by atoms with E-state index in [9.17, 15) is 32.8 Å². The molecule has 0 saturated heterocycles. The Morgan fingerprint density at radius 3 is 2.23 bits per heavy atom. The van der Waals surface area contributed by atoms with Crippen molar-refractivity contribution in [2.75, 3.05) is 5.32 Å². The van der Waals surface area contributed by atoms with E-state index in [1.54, 1.807) is 24.3 Å². The average Bonchev–Trinajstić information content (AvgIpc) is 2.81. The van der Waals surface area contributed by atoms with Gasteiger partial charge in [-0.05, 0) is 38.1 Å². The summed E-state index contributed by atoms with van der Waals surface area (Å²) in [7, 11) is 0. The molecule has 0 spiro atoms. The predicted octanol–water partition coefficient (Wildman–Crippen LogP) is 5.18. The minimum Gasteiger partial charge on any atom is -0.325 e. The number of hydrogen-bond acceptors (Lipinski definition) is 6. The van der Waals surface area contributed by atoms with Crippen LogP contribution in [0.25, 0.3) is 0 Å². The van der Waals surface area contributed by atoms with Crippen molar-refractivity contribution in [2.24, 2.45) is 0 Å². The van der Waals surface area contributed by atoms with Gasteiger partial charge in [-0.25, -0.2) is 4.98 Å². The van der Waals surface area contributed by atoms with Gasteiger partial charge < -0.3 is 5.32 Å². The molecule has 2 aromatic carbocycles. The number of aryl methyl sites for hydroxylation is 1. The number of halogens is 3. The summed E-state index contributed by atoms with van der Waals surface area (Å²) in [5.74, 6) is -1.23. The summed E-state index contributed by atoms with van der Waals surface area (Å²) < 4.78 is 40.0. The number of nitrogens with zero attached hydrogens (tertiary/aromatic N) is 2. The summed E-state index contributed by atoms with van der Waals surface area (Å²) in [5, 5.41) is 10.8. The van der Waals surface area contributed by atoms with Crippen molar-refractivity contribution in [2.45, 2.75) is 30.3 Å². The average molecular weight is 495 g/mol. The Labute approximate surface area is 202 Å². The second kappa shape index (κ2) is 9.00. The zero-order chi connectivity index (χ0) is 25.5. The Kier molecular flexibility index (Phi) is 6.21. The molecule has 35 heavy (non-hydrogen) atoms. The van der Waals surface area contributed by atoms with Crippen LogP contribution in [0, 0.1) is 18.3 Å². The van der Waals surface area contributed by atoms with Crippen LogP contribution in [0.5, 0.6) is 0 Å². The summed E-state index contributed by atoms with van der Waals surface area (Å²) in [5.41, 5.74) is -0.508. The summed E-state index contributed by atoms with van der Waals surface area (Å²) >= 11 is 0.720. The highest BCUT2D eigenvalue weighted by Gasteiger charge is 2.36. The van der Waals surface area contributed by atoms with E-state index < -0.39 is 28.5 Å². The smallest absolute Gasteiger partial charge is 0.325 e. The number of aromatic nitrogens is 1. The largest absolute Gasteiger partial charge is 0.417 e. The number of amides is 1. The van der Waals surface area contributed by atoms with Crippen LogP contribution in [-0.4, -0.2) is 27.7 Å². The number of nitriles is 1. The number of fused-ring (bicyclic) bond motifs is 2. The molecule has 3 aromatic rings. The van der Waals surface area contributed by atoms with Gasteiger partial charge >= 0.3 is 6.18 Å². The van der Waals surface area contributed by atoms with Crippen molar-refractivity contribution >= 4 is 34.9 Å². The Bertz CT molecular complexity index is 1440. The lowest BCUT2D eigenvalue weighted by Gasteiger charge is -2.19. The first kappa shape index (κ1) is 24.2. The molecule has 1 unspecified atom stereocenters. The fourth-order valence-electron chi connectivity index (χ4n) is 3.70. The van der Waals surface area contributed by atoms with E-state index >= 15 is 0 Å². The van der Waals surface area contributed by atoms with Gasteiger partial charge in [0.25, 0.3) is 0 Å². The van der Waals surface area contributed by atoms with Gasteiger partial charge in [0.1, 0.15) is 11.1 Å². The number of alkyl halides is 3. The van der Waals surface area contributed by atoms with Gasteiger partial charge in [0.2, 0.25) is 5.91 Å². The minimum atomic E-state index is -4.74. The van der Waals surface area contributed by atoms with Crippen molar-refractivity contribution in [3.63, 3.8) is 0 Å². The monoisotopic (exact) mass is 495 g/mol. The summed E-state index contributed by atoms with van der Waals surface area (Å²) in [6.07, 6.45) is -4.74. The van der Waals surface area contributed by atoms with Gasteiger partial charge in [0.05, 0.1) is 16.4 Å². The molecule has 1 aliphatic carbocycles. The van der Waals surface area contributed by atoms with Gasteiger partial charge in [-0.3, -0.25) is 14.4 Å². The lowest BCUT2D eigenvalue weighted by molar-refractivity contribution is -0.138. The fraction of sp³-hybridized carbons (Fsp3) is 0.160. The number of benzene rings is 2. The Morgan fingerprint density at radius 1 is 1.03 bits per heavy atom. The molecule has 1 amide bonds. The molecule has 1 heterocycles. The standard InChI is InChI=1S/C25H16F3N3O3S/c1-12-9-20(25(26,27)28)19(11-29)24(30-12)35-13(2)23(34)31-14-7-8-17-18(10-14)22(33)16-6-4-3-5-15(16)21(17)32/h3-10,13H,1-2H3,(H,31,34). The van der Waals surface area contributed by atoms with Gasteiger partial charge in [-0.2, -0.15) is 18.4 Å². The number of ketones is 2. The molecule has 6 nitrogen and oxygen atoms in total. The SMILES string of the molecule is Cc1cc(C(F)(F)F)c(C#N)c(SC(C)C(=O)Nc2ccc3c(c2)C(=O)c2ccccc2C3=O)n1. The van der Waals surface area contributed by atoms with Crippen LogP contribution < -0.4 is 5.32 Å². The highest BCUT2D eigenvalue weighted by atomic mass is 32.2. The number of carbonyl (C=O) groups excluding carboxylic acids is 3. The third-order valence-corrected chi connectivity index (χ3v) is 6.47. The number of rotatable bonds is 4. The van der Waals surface area contributed by atoms with Crippen LogP contribution >= 0.6 is 11.8 Å². The predicted molar refractivity (Wildman–Crippen MR) is 122 cm³/mol. The van der Waals surface area contributed by atoms with Crippen LogP contribution in [0.2, 0.25) is 0 Å². The van der Waals surface area contributed by atoms with E-state index in [2.05, 4.69) is 10.3 Å². The highest BCUT2D eigenvalue weighted by molar-refractivity contribution is 8.00. The van der Waals surface area contributed by atoms with Crippen molar-refractivity contribution in [1.82, 2.24) is 4.98 Å². The third kappa shape index (κ3) is 4.55. The van der Waals surface area contributed by atoms with E-state index in [1.807, 2.05) is 0 Å². The number of pyridine rings is 1. The first-order valence-electron chi connectivity index (χ1n) is 10.3. The van der Waals surface area contributed by atoms with E-state index in [4.69, 9.17) is 0 Å². The fourth-order valence-corrected chi connectivity index (χ4v) is 4.67. The molecule has 1 N–H and O–H groups in total. The van der Waals surface area contributed by atoms with Crippen LogP contribution in [0.3, 0.4) is 0 Å². The maximum atomic E-state index is 13.3. The van der Waals surface area contributed by atoms with E-state index in [0.717, 1.165) is 17.8 Å². The second-order valence-electron chi connectivity index (χ2n) is 7.81. The number of hydrogen-bond donors (Lipinski definition) is 1. The number of carbonyl (C=O) groups is 3. The van der Waals surface area contributed by atoms with Crippen LogP contribution in [0.4, 0.5) is 18.9 Å². The van der Waals surface area contributed by atoms with Gasteiger partial charge in [0, 0.05) is 33.6 Å². The van der Waals surface area contributed by atoms with E-state index in [0.29, 0.717) is 5.56 Å². The number of nitrogens with one attached hydrogen (secondary N) is 1. The summed E-state index contributed by atoms with van der Waals surface area (Å²) in [6, 6.07) is 13.1. The molecule has 1 aliphatic rings. The molecule has 1 aromatic heterocycles. The third-order valence-electron chi connectivity index (χ3n) is 5.38. The van der Waals surface area contributed by atoms with E-state index in [1.165, 1.54) is 38.1 Å². The molecule has 10 heteroatoms. The molecule has 0 aliphatic heterocycles. The lowest BCUT2D eigenvalue weighted by atomic mass is 9.84. The molecule has 0 radical (unpaired) electrons. The van der Waals surface area contributed by atoms with Crippen LogP contribution in [0.1, 0.15) is 55.6 Å². The molecular weight excluding hydrogens is 479 g/mol. The Hall–Kier alpha value is -3.97. The Balaban J connectivity index is 1.57. The molecular formula is C25H16F3N3O3S. The first-order chi connectivity index (χ1) is 16.5. The second-order valence-corrected chi connectivity index (χ2v) is 9.14. The first-order valence-corrected chi connectivity index (χ1v) is 11.2. The van der Waals surface area contributed by atoms with Gasteiger partial charge in [-0.15, -0.1) is 0 Å². The summed E-state index contributed by atoms with van der Waals surface area (Å²) in [6.45, 7) is 2.83. The molecule has 0 fully saturated rings. The topological polar surface area (TPSA) is 99.9 Å². The molecule has 0 bridgehead atoms. The molecule has 176 valence electrons. The zero-order valence-corrected chi connectivity index (χ0v) is 19.2. The van der Waals surface area contributed by atoms with Crippen LogP contribution in [0.15, 0.2) is 53.6 Å². The summed E-state index contributed by atoms with van der Waals surface area (Å²) in [4.78, 5) is 42.4. The van der Waals surface area contributed by atoms with Gasteiger partial charge in [0.15, 0.2) is 11.6 Å². The zero-order valence-electron chi connectivity index (χ0n) is 18.4. The quantitative estimate of drug-likeness (QED) is 0.392. The molecule has 4 rings (SSSR count). The van der Waals surface area contributed by atoms with Crippen molar-refractivity contribution in [3.8, 4) is 6.07 Å². The van der Waals surface area contributed by atoms with Gasteiger partial charge in [-0.1, -0.05) is 36.0 Å². The highest BCUT2D eigenvalue weighted by Crippen LogP contribution is 2.37. The maximum Gasteiger partial charge on any atom is 0.417 e. The number of thioether (sulfide) groups is 1. The molecule has 0 saturated carbocycles.